The lowest BCUT2D eigenvalue weighted by Crippen LogP contribution is -2.45. The molecule has 3 rings (SSSR count). The number of hydrogen-bond acceptors (Lipinski definition) is 2. The average molecular weight is 245 g/mol. The van der Waals surface area contributed by atoms with E-state index >= 15 is 0 Å². The molecule has 2 aliphatic carbocycles. The third-order valence-electron chi connectivity index (χ3n) is 4.82. The molecule has 2 heteroatoms. The third kappa shape index (κ3) is 2.39. The van der Waals surface area contributed by atoms with Crippen LogP contribution in [-0.2, 0) is 0 Å². The molecule has 0 saturated heterocycles. The Morgan fingerprint density at radius 2 is 2.06 bits per heavy atom. The molecule has 2 saturated carbocycles. The van der Waals surface area contributed by atoms with Gasteiger partial charge >= 0.3 is 0 Å². The van der Waals surface area contributed by atoms with Crippen molar-refractivity contribution in [2.75, 3.05) is 6.61 Å². The lowest BCUT2D eigenvalue weighted by Gasteiger charge is -2.34. The molecule has 98 valence electrons. The van der Waals surface area contributed by atoms with E-state index in [0.717, 1.165) is 37.0 Å². The van der Waals surface area contributed by atoms with Crippen LogP contribution in [0.3, 0.4) is 0 Å². The average Bonchev–Trinajstić information content (AvgIpc) is 2.96. The summed E-state index contributed by atoms with van der Waals surface area (Å²) in [7, 11) is 0. The standard InChI is InChI=1S/C16H23NO/c17-16(12-13-7-8-14(16)11-13)9-4-10-18-15-5-2-1-3-6-15/h1-3,5-6,13-14H,4,7-12,17H2. The van der Waals surface area contributed by atoms with Crippen LogP contribution in [-0.4, -0.2) is 12.1 Å². The second-order valence-corrected chi connectivity index (χ2v) is 6.08. The van der Waals surface area contributed by atoms with Gasteiger partial charge in [0.05, 0.1) is 6.61 Å². The molecule has 2 aliphatic rings. The van der Waals surface area contributed by atoms with Gasteiger partial charge in [0, 0.05) is 5.54 Å². The van der Waals surface area contributed by atoms with E-state index in [9.17, 15) is 0 Å². The van der Waals surface area contributed by atoms with Crippen LogP contribution in [0.1, 0.15) is 38.5 Å². The molecule has 0 aromatic heterocycles. The van der Waals surface area contributed by atoms with E-state index in [0.29, 0.717) is 0 Å². The Balaban J connectivity index is 1.43. The van der Waals surface area contributed by atoms with Crippen molar-refractivity contribution in [3.05, 3.63) is 30.3 Å². The Bertz CT molecular complexity index is 391. The summed E-state index contributed by atoms with van der Waals surface area (Å²) >= 11 is 0. The summed E-state index contributed by atoms with van der Waals surface area (Å²) in [6.07, 6.45) is 7.62. The first-order valence-corrected chi connectivity index (χ1v) is 7.23. The van der Waals surface area contributed by atoms with Gasteiger partial charge in [0.2, 0.25) is 0 Å². The summed E-state index contributed by atoms with van der Waals surface area (Å²) in [6.45, 7) is 0.792. The van der Waals surface area contributed by atoms with Gasteiger partial charge in [-0.2, -0.15) is 0 Å². The Labute approximate surface area is 110 Å². The van der Waals surface area contributed by atoms with E-state index in [1.54, 1.807) is 0 Å². The number of fused-ring (bicyclic) bond motifs is 2. The largest absolute Gasteiger partial charge is 0.494 e. The highest BCUT2D eigenvalue weighted by molar-refractivity contribution is 5.20. The van der Waals surface area contributed by atoms with Crippen LogP contribution in [0.4, 0.5) is 0 Å². The maximum Gasteiger partial charge on any atom is 0.119 e. The van der Waals surface area contributed by atoms with Gasteiger partial charge < -0.3 is 10.5 Å². The molecule has 0 aliphatic heterocycles. The van der Waals surface area contributed by atoms with E-state index in [1.165, 1.54) is 25.7 Å². The number of ether oxygens (including phenoxy) is 1. The van der Waals surface area contributed by atoms with Crippen molar-refractivity contribution < 1.29 is 4.74 Å². The number of nitrogens with two attached hydrogens (primary N) is 1. The molecular weight excluding hydrogens is 222 g/mol. The zero-order valence-electron chi connectivity index (χ0n) is 11.0. The molecule has 2 N–H and O–H groups in total. The molecule has 1 aromatic carbocycles. The number of para-hydroxylation sites is 1. The maximum absolute atomic E-state index is 6.57. The van der Waals surface area contributed by atoms with Gasteiger partial charge in [-0.1, -0.05) is 24.6 Å². The minimum absolute atomic E-state index is 0.128. The molecule has 0 radical (unpaired) electrons. The predicted octanol–water partition coefficient (Wildman–Crippen LogP) is 3.36. The monoisotopic (exact) mass is 245 g/mol. The second kappa shape index (κ2) is 4.93. The highest BCUT2D eigenvalue weighted by Crippen LogP contribution is 2.51. The fraction of sp³-hybridized carbons (Fsp3) is 0.625. The van der Waals surface area contributed by atoms with Crippen molar-refractivity contribution in [3.63, 3.8) is 0 Å². The smallest absolute Gasteiger partial charge is 0.119 e. The summed E-state index contributed by atoms with van der Waals surface area (Å²) in [4.78, 5) is 0. The highest BCUT2D eigenvalue weighted by Gasteiger charge is 2.47. The number of hydrogen-bond donors (Lipinski definition) is 1. The van der Waals surface area contributed by atoms with Gasteiger partial charge in [0.15, 0.2) is 0 Å². The fourth-order valence-corrected chi connectivity index (χ4v) is 3.90. The van der Waals surface area contributed by atoms with Crippen LogP contribution in [0.2, 0.25) is 0 Å². The Hall–Kier alpha value is -1.02. The number of rotatable bonds is 5. The van der Waals surface area contributed by atoms with E-state index < -0.39 is 0 Å². The van der Waals surface area contributed by atoms with Gasteiger partial charge in [-0.25, -0.2) is 0 Å². The van der Waals surface area contributed by atoms with Crippen molar-refractivity contribution in [2.45, 2.75) is 44.1 Å². The molecule has 2 fully saturated rings. The minimum Gasteiger partial charge on any atom is -0.494 e. The normalized spacial score (nSPS) is 33.8. The molecule has 3 unspecified atom stereocenters. The van der Waals surface area contributed by atoms with Crippen LogP contribution < -0.4 is 10.5 Å². The molecule has 0 spiro atoms. The summed E-state index contributed by atoms with van der Waals surface area (Å²) in [5.41, 5.74) is 6.70. The molecule has 2 bridgehead atoms. The van der Waals surface area contributed by atoms with Gasteiger partial charge in [-0.05, 0) is 56.1 Å². The second-order valence-electron chi connectivity index (χ2n) is 6.08. The first-order chi connectivity index (χ1) is 8.76. The fourth-order valence-electron chi connectivity index (χ4n) is 3.90. The molecular formula is C16H23NO. The van der Waals surface area contributed by atoms with Crippen molar-refractivity contribution in [3.8, 4) is 5.75 Å². The molecule has 2 nitrogen and oxygen atoms in total. The minimum atomic E-state index is 0.128. The third-order valence-corrected chi connectivity index (χ3v) is 4.82. The predicted molar refractivity (Wildman–Crippen MR) is 73.5 cm³/mol. The Kier molecular flexibility index (Phi) is 3.29. The molecule has 1 aromatic rings. The van der Waals surface area contributed by atoms with Crippen molar-refractivity contribution in [2.24, 2.45) is 17.6 Å². The zero-order chi connectivity index (χ0) is 12.4. The van der Waals surface area contributed by atoms with Crippen molar-refractivity contribution in [1.29, 1.82) is 0 Å². The van der Waals surface area contributed by atoms with Gasteiger partial charge in [-0.15, -0.1) is 0 Å². The van der Waals surface area contributed by atoms with Crippen LogP contribution in [0, 0.1) is 11.8 Å². The summed E-state index contributed by atoms with van der Waals surface area (Å²) in [5, 5.41) is 0. The van der Waals surface area contributed by atoms with Crippen LogP contribution in [0.5, 0.6) is 5.75 Å². The lowest BCUT2D eigenvalue weighted by atomic mass is 9.79. The van der Waals surface area contributed by atoms with E-state index in [-0.39, 0.29) is 5.54 Å². The van der Waals surface area contributed by atoms with E-state index in [2.05, 4.69) is 0 Å². The van der Waals surface area contributed by atoms with Gasteiger partial charge in [0.25, 0.3) is 0 Å². The molecule has 0 amide bonds. The summed E-state index contributed by atoms with van der Waals surface area (Å²) < 4.78 is 5.74. The van der Waals surface area contributed by atoms with Crippen LogP contribution >= 0.6 is 0 Å². The Morgan fingerprint density at radius 1 is 1.22 bits per heavy atom. The van der Waals surface area contributed by atoms with Crippen molar-refractivity contribution in [1.82, 2.24) is 0 Å². The molecule has 3 atom stereocenters. The van der Waals surface area contributed by atoms with Crippen molar-refractivity contribution >= 4 is 0 Å². The SMILES string of the molecule is NC1(CCCOc2ccccc2)CC2CCC1C2. The zero-order valence-corrected chi connectivity index (χ0v) is 11.0. The quantitative estimate of drug-likeness (QED) is 0.807. The van der Waals surface area contributed by atoms with E-state index in [1.807, 2.05) is 30.3 Å². The van der Waals surface area contributed by atoms with Gasteiger partial charge in [-0.3, -0.25) is 0 Å². The van der Waals surface area contributed by atoms with E-state index in [4.69, 9.17) is 10.5 Å². The maximum atomic E-state index is 6.57. The highest BCUT2D eigenvalue weighted by atomic mass is 16.5. The first-order valence-electron chi connectivity index (χ1n) is 7.23. The number of benzene rings is 1. The lowest BCUT2D eigenvalue weighted by molar-refractivity contribution is 0.222. The summed E-state index contributed by atoms with van der Waals surface area (Å²) in [5.74, 6) is 2.69. The molecule has 0 heterocycles. The Morgan fingerprint density at radius 3 is 2.72 bits per heavy atom. The van der Waals surface area contributed by atoms with Gasteiger partial charge in [0.1, 0.15) is 5.75 Å². The van der Waals surface area contributed by atoms with Crippen LogP contribution in [0.25, 0.3) is 0 Å². The molecule has 18 heavy (non-hydrogen) atoms. The topological polar surface area (TPSA) is 35.2 Å². The first kappa shape index (κ1) is 12.0. The summed E-state index contributed by atoms with van der Waals surface area (Å²) in [6, 6.07) is 10.0. The van der Waals surface area contributed by atoms with Crippen LogP contribution in [0.15, 0.2) is 30.3 Å².